The monoisotopic (exact) mass is 378 g/mol. The van der Waals surface area contributed by atoms with Crippen molar-refractivity contribution in [3.8, 4) is 0 Å². The Balaban J connectivity index is 2.21. The van der Waals surface area contributed by atoms with Gasteiger partial charge < -0.3 is 20.3 Å². The Bertz CT molecular complexity index is 700. The van der Waals surface area contributed by atoms with Crippen molar-refractivity contribution in [2.24, 2.45) is 11.1 Å². The van der Waals surface area contributed by atoms with E-state index in [0.29, 0.717) is 6.42 Å². The first kappa shape index (κ1) is 20.7. The molecule has 2 atom stereocenters. The largest absolute Gasteiger partial charge is 0.480 e. The van der Waals surface area contributed by atoms with E-state index in [4.69, 9.17) is 15.2 Å². The zero-order chi connectivity index (χ0) is 20.2. The van der Waals surface area contributed by atoms with Crippen LogP contribution in [0, 0.1) is 5.41 Å². The second-order valence-electron chi connectivity index (χ2n) is 7.56. The maximum absolute atomic E-state index is 12.7. The molecule has 0 unspecified atom stereocenters. The van der Waals surface area contributed by atoms with E-state index in [1.807, 2.05) is 6.07 Å². The van der Waals surface area contributed by atoms with Crippen LogP contribution in [0.5, 0.6) is 0 Å². The highest BCUT2D eigenvalue weighted by molar-refractivity contribution is 6.00. The predicted molar refractivity (Wildman–Crippen MR) is 96.5 cm³/mol. The van der Waals surface area contributed by atoms with Crippen LogP contribution >= 0.6 is 0 Å². The Morgan fingerprint density at radius 1 is 1.26 bits per heavy atom. The lowest BCUT2D eigenvalue weighted by Gasteiger charge is -2.43. The van der Waals surface area contributed by atoms with Crippen LogP contribution in [-0.4, -0.2) is 46.3 Å². The lowest BCUT2D eigenvalue weighted by Crippen LogP contribution is -2.65. The third-order valence-corrected chi connectivity index (χ3v) is 4.40. The average molecular weight is 378 g/mol. The number of hydrogen-bond acceptors (Lipinski definition) is 6. The molecule has 1 aliphatic rings. The zero-order valence-electron chi connectivity index (χ0n) is 15.8. The van der Waals surface area contributed by atoms with Gasteiger partial charge in [-0.15, -0.1) is 0 Å². The summed E-state index contributed by atoms with van der Waals surface area (Å²) < 4.78 is 10.5. The molecule has 1 amide bonds. The van der Waals surface area contributed by atoms with Gasteiger partial charge in [0.25, 0.3) is 0 Å². The van der Waals surface area contributed by atoms with Gasteiger partial charge >= 0.3 is 18.0 Å². The van der Waals surface area contributed by atoms with Gasteiger partial charge in [-0.3, -0.25) is 14.5 Å². The summed E-state index contributed by atoms with van der Waals surface area (Å²) in [6.45, 7) is 5.21. The number of carboxylic acids is 1. The second-order valence-corrected chi connectivity index (χ2v) is 7.56. The molecule has 1 saturated heterocycles. The summed E-state index contributed by atoms with van der Waals surface area (Å²) >= 11 is 0. The molecule has 148 valence electrons. The number of nitrogens with two attached hydrogens (primary N) is 1. The SMILES string of the molecule is CC(C)(C)OC(=O)N1CCC[C@@](C(=O)O)(C(=O)OCc2ccccc2)[C@H]1N. The molecule has 1 heterocycles. The molecule has 8 heteroatoms. The van der Waals surface area contributed by atoms with Crippen molar-refractivity contribution in [1.29, 1.82) is 0 Å². The number of likely N-dealkylation sites (tertiary alicyclic amines) is 1. The Hall–Kier alpha value is -2.61. The van der Waals surface area contributed by atoms with Crippen molar-refractivity contribution in [2.75, 3.05) is 6.54 Å². The number of carbonyl (C=O) groups excluding carboxylic acids is 2. The van der Waals surface area contributed by atoms with E-state index >= 15 is 0 Å². The first-order valence-corrected chi connectivity index (χ1v) is 8.77. The van der Waals surface area contributed by atoms with Crippen molar-refractivity contribution >= 4 is 18.0 Å². The standard InChI is InChI=1S/C19H26N2O6/c1-18(2,3)27-17(25)21-11-7-10-19(14(21)20,15(22)23)16(24)26-12-13-8-5-4-6-9-13/h4-6,8-9,14H,7,10-12,20H2,1-3H3,(H,22,23)/t14-,19+/m0/s1. The van der Waals surface area contributed by atoms with Crippen LogP contribution in [-0.2, 0) is 25.7 Å². The number of nitrogens with zero attached hydrogens (tertiary/aromatic N) is 1. The van der Waals surface area contributed by atoms with E-state index in [-0.39, 0.29) is 19.6 Å². The molecule has 0 spiro atoms. The quantitative estimate of drug-likeness (QED) is 0.608. The Morgan fingerprint density at radius 3 is 2.44 bits per heavy atom. The van der Waals surface area contributed by atoms with Crippen molar-refractivity contribution in [3.05, 3.63) is 35.9 Å². The first-order chi connectivity index (χ1) is 12.6. The van der Waals surface area contributed by atoms with Gasteiger partial charge in [-0.1, -0.05) is 30.3 Å². The number of aliphatic carboxylic acids is 1. The summed E-state index contributed by atoms with van der Waals surface area (Å²) in [5.41, 5.74) is 4.01. The number of hydrogen-bond donors (Lipinski definition) is 2. The molecular weight excluding hydrogens is 352 g/mol. The molecular formula is C19H26N2O6. The summed E-state index contributed by atoms with van der Waals surface area (Å²) in [6, 6.07) is 8.91. The highest BCUT2D eigenvalue weighted by Gasteiger charge is 2.58. The maximum Gasteiger partial charge on any atom is 0.411 e. The number of carbonyl (C=O) groups is 3. The molecule has 0 bridgehead atoms. The Kier molecular flexibility index (Phi) is 6.10. The van der Waals surface area contributed by atoms with Crippen molar-refractivity contribution in [2.45, 2.75) is 52.0 Å². The van der Waals surface area contributed by atoms with Crippen LogP contribution in [0.1, 0.15) is 39.2 Å². The molecule has 1 aromatic carbocycles. The Labute approximate surface area is 158 Å². The fourth-order valence-electron chi connectivity index (χ4n) is 3.00. The second kappa shape index (κ2) is 7.96. The lowest BCUT2D eigenvalue weighted by atomic mass is 9.77. The minimum atomic E-state index is -2.04. The molecule has 3 N–H and O–H groups in total. The Morgan fingerprint density at radius 2 is 1.89 bits per heavy atom. The van der Waals surface area contributed by atoms with Crippen LogP contribution in [0.2, 0.25) is 0 Å². The minimum Gasteiger partial charge on any atom is -0.480 e. The molecule has 1 aromatic rings. The third-order valence-electron chi connectivity index (χ3n) is 4.40. The maximum atomic E-state index is 12.7. The molecule has 0 aliphatic carbocycles. The molecule has 27 heavy (non-hydrogen) atoms. The highest BCUT2D eigenvalue weighted by Crippen LogP contribution is 2.36. The van der Waals surface area contributed by atoms with Gasteiger partial charge in [0.05, 0.1) is 0 Å². The third kappa shape index (κ3) is 4.57. The van der Waals surface area contributed by atoms with Gasteiger partial charge in [-0.2, -0.15) is 0 Å². The predicted octanol–water partition coefficient (Wildman–Crippen LogP) is 2.12. The van der Waals surface area contributed by atoms with Crippen molar-refractivity contribution in [1.82, 2.24) is 4.90 Å². The van der Waals surface area contributed by atoms with Gasteiger partial charge in [0.15, 0.2) is 5.41 Å². The molecule has 1 fully saturated rings. The molecule has 0 radical (unpaired) electrons. The fourth-order valence-corrected chi connectivity index (χ4v) is 3.00. The lowest BCUT2D eigenvalue weighted by molar-refractivity contribution is -0.178. The summed E-state index contributed by atoms with van der Waals surface area (Å²) in [6.07, 6.45) is -1.87. The molecule has 0 saturated carbocycles. The number of carboxylic acid groups (broad SMARTS) is 1. The van der Waals surface area contributed by atoms with Crippen LogP contribution in [0.25, 0.3) is 0 Å². The van der Waals surface area contributed by atoms with E-state index in [0.717, 1.165) is 10.5 Å². The van der Waals surface area contributed by atoms with E-state index in [1.165, 1.54) is 0 Å². The number of piperidine rings is 1. The van der Waals surface area contributed by atoms with E-state index in [9.17, 15) is 19.5 Å². The molecule has 1 aliphatic heterocycles. The summed E-state index contributed by atoms with van der Waals surface area (Å²) in [5.74, 6) is -2.37. The van der Waals surface area contributed by atoms with Gasteiger partial charge in [0.2, 0.25) is 0 Å². The molecule has 8 nitrogen and oxygen atoms in total. The summed E-state index contributed by atoms with van der Waals surface area (Å²) in [4.78, 5) is 38.3. The normalized spacial score (nSPS) is 22.8. The van der Waals surface area contributed by atoms with Gasteiger partial charge in [0.1, 0.15) is 18.4 Å². The van der Waals surface area contributed by atoms with Crippen molar-refractivity contribution < 1.29 is 29.0 Å². The number of esters is 1. The van der Waals surface area contributed by atoms with Gasteiger partial charge in [-0.05, 0) is 39.2 Å². The van der Waals surface area contributed by atoms with E-state index in [2.05, 4.69) is 0 Å². The topological polar surface area (TPSA) is 119 Å². The van der Waals surface area contributed by atoms with Crippen LogP contribution in [0.15, 0.2) is 30.3 Å². The van der Waals surface area contributed by atoms with Crippen molar-refractivity contribution in [3.63, 3.8) is 0 Å². The summed E-state index contributed by atoms with van der Waals surface area (Å²) in [7, 11) is 0. The first-order valence-electron chi connectivity index (χ1n) is 8.77. The number of amides is 1. The van der Waals surface area contributed by atoms with Crippen LogP contribution < -0.4 is 5.73 Å². The van der Waals surface area contributed by atoms with E-state index < -0.39 is 35.2 Å². The average Bonchev–Trinajstić information content (AvgIpc) is 2.59. The molecule has 0 aromatic heterocycles. The minimum absolute atomic E-state index is 0.0174. The van der Waals surface area contributed by atoms with Crippen LogP contribution in [0.3, 0.4) is 0 Å². The smallest absolute Gasteiger partial charge is 0.411 e. The number of benzene rings is 1. The van der Waals surface area contributed by atoms with Gasteiger partial charge in [0, 0.05) is 6.54 Å². The fraction of sp³-hybridized carbons (Fsp3) is 0.526. The number of ether oxygens (including phenoxy) is 2. The van der Waals surface area contributed by atoms with Crippen LogP contribution in [0.4, 0.5) is 4.79 Å². The van der Waals surface area contributed by atoms with Gasteiger partial charge in [-0.25, -0.2) is 4.79 Å². The zero-order valence-corrected chi connectivity index (χ0v) is 15.8. The van der Waals surface area contributed by atoms with E-state index in [1.54, 1.807) is 45.0 Å². The number of rotatable bonds is 4. The molecule has 2 rings (SSSR count). The summed E-state index contributed by atoms with van der Waals surface area (Å²) in [5, 5.41) is 9.80. The highest BCUT2D eigenvalue weighted by atomic mass is 16.6.